The topological polar surface area (TPSA) is 84.6 Å². The van der Waals surface area contributed by atoms with Crippen LogP contribution in [-0.2, 0) is 9.53 Å². The Kier molecular flexibility index (Phi) is 4.96. The molecule has 5 rings (SSSR count). The van der Waals surface area contributed by atoms with Gasteiger partial charge in [-0.05, 0) is 36.8 Å². The first-order chi connectivity index (χ1) is 14.7. The Labute approximate surface area is 175 Å². The van der Waals surface area contributed by atoms with E-state index < -0.39 is 0 Å². The summed E-state index contributed by atoms with van der Waals surface area (Å²) in [5, 5.41) is 0.997. The van der Waals surface area contributed by atoms with E-state index in [0.717, 1.165) is 67.2 Å². The van der Waals surface area contributed by atoms with Gasteiger partial charge in [0.2, 0.25) is 5.91 Å². The molecule has 7 heteroatoms. The van der Waals surface area contributed by atoms with Gasteiger partial charge in [0, 0.05) is 49.0 Å². The van der Waals surface area contributed by atoms with Gasteiger partial charge in [-0.2, -0.15) is 0 Å². The number of nitrogens with zero attached hydrogens (tertiary/aromatic N) is 4. The van der Waals surface area contributed by atoms with Crippen molar-refractivity contribution in [2.45, 2.75) is 6.42 Å². The molecule has 0 radical (unpaired) electrons. The molecular weight excluding hydrogens is 378 g/mol. The second kappa shape index (κ2) is 7.91. The number of hydrogen-bond acceptors (Lipinski definition) is 6. The van der Waals surface area contributed by atoms with Gasteiger partial charge in [0.25, 0.3) is 0 Å². The van der Waals surface area contributed by atoms with E-state index in [1.54, 1.807) is 6.20 Å². The fourth-order valence-electron chi connectivity index (χ4n) is 4.30. The minimum Gasteiger partial charge on any atom is -0.378 e. The number of benzene rings is 1. The molecule has 0 bridgehead atoms. The number of carbonyl (C=O) groups is 1. The molecule has 2 aliphatic rings. The van der Waals surface area contributed by atoms with Crippen LogP contribution in [-0.4, -0.2) is 55.3 Å². The molecule has 1 unspecified atom stereocenters. The third kappa shape index (κ3) is 3.57. The maximum absolute atomic E-state index is 11.6. The molecule has 7 nitrogen and oxygen atoms in total. The zero-order chi connectivity index (χ0) is 20.5. The van der Waals surface area contributed by atoms with E-state index in [0.29, 0.717) is 6.54 Å². The lowest BCUT2D eigenvalue weighted by Gasteiger charge is -2.29. The standard InChI is InChI=1S/C23H25N5O2/c24-22(29)17-7-9-28(15-17)23-19-2-1-8-25-21(19)14-20(26-23)16-3-5-18(6-4-16)27-10-12-30-13-11-27/h1-6,8,14,17H,7,9-13,15H2,(H2,24,29). The summed E-state index contributed by atoms with van der Waals surface area (Å²) in [5.41, 5.74) is 9.57. The predicted octanol–water partition coefficient (Wildman–Crippen LogP) is 2.44. The summed E-state index contributed by atoms with van der Waals surface area (Å²) in [6.07, 6.45) is 2.56. The number of primary amides is 1. The molecule has 0 spiro atoms. The molecule has 0 saturated carbocycles. The monoisotopic (exact) mass is 403 g/mol. The molecule has 2 aliphatic heterocycles. The first-order valence-corrected chi connectivity index (χ1v) is 10.4. The van der Waals surface area contributed by atoms with Crippen LogP contribution in [0.1, 0.15) is 6.42 Å². The van der Waals surface area contributed by atoms with Crippen LogP contribution in [0.2, 0.25) is 0 Å². The third-order valence-corrected chi connectivity index (χ3v) is 6.01. The minimum absolute atomic E-state index is 0.130. The highest BCUT2D eigenvalue weighted by atomic mass is 16.5. The van der Waals surface area contributed by atoms with Crippen LogP contribution in [0.15, 0.2) is 48.7 Å². The van der Waals surface area contributed by atoms with Crippen molar-refractivity contribution in [2.75, 3.05) is 49.2 Å². The molecule has 1 amide bonds. The Morgan fingerprint density at radius 1 is 1.07 bits per heavy atom. The molecule has 2 N–H and O–H groups in total. The third-order valence-electron chi connectivity index (χ3n) is 6.01. The number of amides is 1. The number of anilines is 2. The normalized spacial score (nSPS) is 19.4. The van der Waals surface area contributed by atoms with E-state index in [1.807, 2.05) is 18.2 Å². The van der Waals surface area contributed by atoms with Gasteiger partial charge in [-0.25, -0.2) is 4.98 Å². The molecule has 4 heterocycles. The molecule has 30 heavy (non-hydrogen) atoms. The molecule has 154 valence electrons. The lowest BCUT2D eigenvalue weighted by atomic mass is 10.1. The lowest BCUT2D eigenvalue weighted by Crippen LogP contribution is -2.36. The number of pyridine rings is 2. The maximum atomic E-state index is 11.6. The van der Waals surface area contributed by atoms with E-state index >= 15 is 0 Å². The van der Waals surface area contributed by atoms with Crippen molar-refractivity contribution < 1.29 is 9.53 Å². The van der Waals surface area contributed by atoms with Crippen LogP contribution in [0.5, 0.6) is 0 Å². The maximum Gasteiger partial charge on any atom is 0.222 e. The van der Waals surface area contributed by atoms with Gasteiger partial charge in [0.05, 0.1) is 30.3 Å². The van der Waals surface area contributed by atoms with Crippen LogP contribution in [0.25, 0.3) is 22.2 Å². The second-order valence-corrected chi connectivity index (χ2v) is 7.88. The molecule has 3 aromatic rings. The summed E-state index contributed by atoms with van der Waals surface area (Å²) in [6.45, 7) is 4.74. The van der Waals surface area contributed by atoms with E-state index in [4.69, 9.17) is 15.5 Å². The van der Waals surface area contributed by atoms with Crippen LogP contribution >= 0.6 is 0 Å². The fourth-order valence-corrected chi connectivity index (χ4v) is 4.30. The smallest absolute Gasteiger partial charge is 0.222 e. The highest BCUT2D eigenvalue weighted by molar-refractivity contribution is 5.93. The second-order valence-electron chi connectivity index (χ2n) is 7.88. The lowest BCUT2D eigenvalue weighted by molar-refractivity contribution is -0.121. The molecule has 1 atom stereocenters. The first kappa shape index (κ1) is 18.8. The zero-order valence-corrected chi connectivity index (χ0v) is 16.8. The van der Waals surface area contributed by atoms with Crippen LogP contribution in [0.3, 0.4) is 0 Å². The zero-order valence-electron chi connectivity index (χ0n) is 16.8. The first-order valence-electron chi connectivity index (χ1n) is 10.4. The Morgan fingerprint density at radius 3 is 2.60 bits per heavy atom. The van der Waals surface area contributed by atoms with Gasteiger partial charge < -0.3 is 20.3 Å². The quantitative estimate of drug-likeness (QED) is 0.720. The summed E-state index contributed by atoms with van der Waals surface area (Å²) in [7, 11) is 0. The van der Waals surface area contributed by atoms with Gasteiger partial charge in [-0.1, -0.05) is 12.1 Å². The Morgan fingerprint density at radius 2 is 1.87 bits per heavy atom. The molecule has 2 saturated heterocycles. The summed E-state index contributed by atoms with van der Waals surface area (Å²) in [4.78, 5) is 25.7. The van der Waals surface area contributed by atoms with E-state index in [1.165, 1.54) is 5.69 Å². The van der Waals surface area contributed by atoms with Crippen LogP contribution in [0.4, 0.5) is 11.5 Å². The minimum atomic E-state index is -0.241. The fraction of sp³-hybridized carbons (Fsp3) is 0.348. The van der Waals surface area contributed by atoms with Crippen molar-refractivity contribution in [2.24, 2.45) is 11.7 Å². The predicted molar refractivity (Wildman–Crippen MR) is 118 cm³/mol. The Hall–Kier alpha value is -3.19. The number of hydrogen-bond donors (Lipinski definition) is 1. The summed E-state index contributed by atoms with van der Waals surface area (Å²) in [6, 6.07) is 14.5. The number of rotatable bonds is 4. The molecular formula is C23H25N5O2. The van der Waals surface area contributed by atoms with Gasteiger partial charge in [-0.15, -0.1) is 0 Å². The molecule has 0 aliphatic carbocycles. The molecule has 1 aromatic carbocycles. The average Bonchev–Trinajstić information content (AvgIpc) is 3.30. The van der Waals surface area contributed by atoms with Crippen molar-refractivity contribution in [1.82, 2.24) is 9.97 Å². The summed E-state index contributed by atoms with van der Waals surface area (Å²) < 4.78 is 5.45. The van der Waals surface area contributed by atoms with E-state index in [2.05, 4.69) is 39.0 Å². The SMILES string of the molecule is NC(=O)C1CCN(c2nc(-c3ccc(N4CCOCC4)cc3)cc3ncccc23)C1. The number of ether oxygens (including phenoxy) is 1. The van der Waals surface area contributed by atoms with Crippen molar-refractivity contribution in [3.63, 3.8) is 0 Å². The molecule has 2 aromatic heterocycles. The highest BCUT2D eigenvalue weighted by Gasteiger charge is 2.28. The van der Waals surface area contributed by atoms with Crippen LogP contribution < -0.4 is 15.5 Å². The Bertz CT molecular complexity index is 1060. The number of fused-ring (bicyclic) bond motifs is 1. The van der Waals surface area contributed by atoms with Crippen LogP contribution in [0, 0.1) is 5.92 Å². The number of carbonyl (C=O) groups excluding carboxylic acids is 1. The number of aromatic nitrogens is 2. The van der Waals surface area contributed by atoms with Crippen molar-refractivity contribution in [3.05, 3.63) is 48.7 Å². The summed E-state index contributed by atoms with van der Waals surface area (Å²) in [5.74, 6) is 0.501. The number of morpholine rings is 1. The Balaban J connectivity index is 1.50. The van der Waals surface area contributed by atoms with Gasteiger partial charge in [-0.3, -0.25) is 9.78 Å². The molecule has 2 fully saturated rings. The van der Waals surface area contributed by atoms with Crippen molar-refractivity contribution >= 4 is 28.3 Å². The van der Waals surface area contributed by atoms with Gasteiger partial charge in [0.1, 0.15) is 5.82 Å². The highest BCUT2D eigenvalue weighted by Crippen LogP contribution is 2.32. The number of nitrogens with two attached hydrogens (primary N) is 1. The van der Waals surface area contributed by atoms with E-state index in [-0.39, 0.29) is 11.8 Å². The van der Waals surface area contributed by atoms with Crippen molar-refractivity contribution in [1.29, 1.82) is 0 Å². The largest absolute Gasteiger partial charge is 0.378 e. The van der Waals surface area contributed by atoms with E-state index in [9.17, 15) is 4.79 Å². The summed E-state index contributed by atoms with van der Waals surface area (Å²) >= 11 is 0. The average molecular weight is 403 g/mol. The van der Waals surface area contributed by atoms with Gasteiger partial charge in [0.15, 0.2) is 0 Å². The van der Waals surface area contributed by atoms with Crippen molar-refractivity contribution in [3.8, 4) is 11.3 Å². The van der Waals surface area contributed by atoms with Gasteiger partial charge >= 0.3 is 0 Å².